The van der Waals surface area contributed by atoms with Crippen molar-refractivity contribution in [1.82, 2.24) is 4.90 Å². The summed E-state index contributed by atoms with van der Waals surface area (Å²) in [6.45, 7) is 6.09. The van der Waals surface area contributed by atoms with Gasteiger partial charge in [0, 0.05) is 49.5 Å². The van der Waals surface area contributed by atoms with Crippen molar-refractivity contribution in [2.45, 2.75) is 13.5 Å². The summed E-state index contributed by atoms with van der Waals surface area (Å²) < 4.78 is 5.45. The molecule has 1 fully saturated rings. The lowest BCUT2D eigenvalue weighted by Crippen LogP contribution is -2.46. The molecule has 2 aromatic rings. The Labute approximate surface area is 148 Å². The molecule has 3 rings (SSSR count). The number of ether oxygens (including phenoxy) is 1. The third-order valence-electron chi connectivity index (χ3n) is 4.67. The fraction of sp³-hybridized carbons (Fsp3) is 0.350. The third kappa shape index (κ3) is 4.12. The van der Waals surface area contributed by atoms with Gasteiger partial charge in [0.25, 0.3) is 0 Å². The van der Waals surface area contributed by atoms with Crippen LogP contribution in [0.15, 0.2) is 42.5 Å². The molecule has 0 radical (unpaired) electrons. The van der Waals surface area contributed by atoms with Crippen molar-refractivity contribution in [3.63, 3.8) is 0 Å². The van der Waals surface area contributed by atoms with Gasteiger partial charge < -0.3 is 14.7 Å². The monoisotopic (exact) mass is 340 g/mol. The summed E-state index contributed by atoms with van der Waals surface area (Å²) in [6.07, 6.45) is 0. The number of Topliss-reactive ketones (excluding diaryl/α,β-unsaturated/α-hetero) is 1. The predicted molar refractivity (Wildman–Crippen MR) is 98.6 cm³/mol. The van der Waals surface area contributed by atoms with Crippen LogP contribution in [0.2, 0.25) is 0 Å². The summed E-state index contributed by atoms with van der Waals surface area (Å²) in [5.74, 6) is 1.19. The number of rotatable bonds is 5. The van der Waals surface area contributed by atoms with E-state index in [1.54, 1.807) is 26.2 Å². The lowest BCUT2D eigenvalue weighted by atomic mass is 10.1. The highest BCUT2D eigenvalue weighted by Gasteiger charge is 2.19. The molecule has 1 N–H and O–H groups in total. The van der Waals surface area contributed by atoms with E-state index < -0.39 is 0 Å². The summed E-state index contributed by atoms with van der Waals surface area (Å²) in [6, 6.07) is 13.0. The lowest BCUT2D eigenvalue weighted by molar-refractivity contribution is 0.101. The van der Waals surface area contributed by atoms with E-state index in [0.717, 1.165) is 55.3 Å². The predicted octanol–water partition coefficient (Wildman–Crippen LogP) is 2.93. The standard InChI is InChI=1S/C20H24N2O3/c1-15(23)16-3-8-20(25-2)17(13-16)14-21-9-11-22(12-10-21)18-4-6-19(24)7-5-18/h3-8,13,24H,9-12,14H2,1-2H3. The van der Waals surface area contributed by atoms with Gasteiger partial charge in [0.15, 0.2) is 5.78 Å². The van der Waals surface area contributed by atoms with E-state index in [9.17, 15) is 9.90 Å². The van der Waals surface area contributed by atoms with Gasteiger partial charge in [-0.2, -0.15) is 0 Å². The molecular formula is C20H24N2O3. The SMILES string of the molecule is COc1ccc(C(C)=O)cc1CN1CCN(c2ccc(O)cc2)CC1. The van der Waals surface area contributed by atoms with E-state index >= 15 is 0 Å². The van der Waals surface area contributed by atoms with Crippen molar-refractivity contribution in [2.75, 3.05) is 38.2 Å². The quantitative estimate of drug-likeness (QED) is 0.848. The average molecular weight is 340 g/mol. The molecule has 0 amide bonds. The van der Waals surface area contributed by atoms with Crippen LogP contribution >= 0.6 is 0 Å². The Bertz CT molecular complexity index is 735. The number of benzene rings is 2. The van der Waals surface area contributed by atoms with E-state index in [0.29, 0.717) is 5.75 Å². The first kappa shape index (κ1) is 17.3. The maximum Gasteiger partial charge on any atom is 0.159 e. The van der Waals surface area contributed by atoms with Gasteiger partial charge in [0.2, 0.25) is 0 Å². The second-order valence-corrected chi connectivity index (χ2v) is 6.36. The Morgan fingerprint density at radius 1 is 1.08 bits per heavy atom. The molecule has 1 aliphatic heterocycles. The third-order valence-corrected chi connectivity index (χ3v) is 4.67. The fourth-order valence-electron chi connectivity index (χ4n) is 3.19. The molecule has 1 heterocycles. The van der Waals surface area contributed by atoms with Crippen LogP contribution in [0.1, 0.15) is 22.8 Å². The average Bonchev–Trinajstić information content (AvgIpc) is 2.63. The number of ketones is 1. The lowest BCUT2D eigenvalue weighted by Gasteiger charge is -2.36. The fourth-order valence-corrected chi connectivity index (χ4v) is 3.19. The number of phenols is 1. The van der Waals surface area contributed by atoms with Crippen LogP contribution in [0.5, 0.6) is 11.5 Å². The van der Waals surface area contributed by atoms with Crippen LogP contribution in [0.25, 0.3) is 0 Å². The topological polar surface area (TPSA) is 53.0 Å². The van der Waals surface area contributed by atoms with Crippen molar-refractivity contribution in [3.05, 3.63) is 53.6 Å². The van der Waals surface area contributed by atoms with Crippen LogP contribution in [0, 0.1) is 0 Å². The Hall–Kier alpha value is -2.53. The smallest absolute Gasteiger partial charge is 0.159 e. The molecule has 0 aliphatic carbocycles. The first-order valence-electron chi connectivity index (χ1n) is 8.51. The maximum atomic E-state index is 11.6. The van der Waals surface area contributed by atoms with E-state index in [-0.39, 0.29) is 5.78 Å². The molecule has 5 nitrogen and oxygen atoms in total. The van der Waals surface area contributed by atoms with Gasteiger partial charge in [-0.1, -0.05) is 0 Å². The maximum absolute atomic E-state index is 11.6. The molecule has 0 bridgehead atoms. The first-order chi connectivity index (χ1) is 12.1. The van der Waals surface area contributed by atoms with Gasteiger partial charge in [-0.05, 0) is 49.4 Å². The zero-order valence-corrected chi connectivity index (χ0v) is 14.7. The summed E-state index contributed by atoms with van der Waals surface area (Å²) in [5.41, 5.74) is 2.90. The molecular weight excluding hydrogens is 316 g/mol. The van der Waals surface area contributed by atoms with Crippen molar-refractivity contribution in [2.24, 2.45) is 0 Å². The number of carbonyl (C=O) groups is 1. The number of anilines is 1. The van der Waals surface area contributed by atoms with Crippen LogP contribution in [-0.2, 0) is 6.54 Å². The summed E-state index contributed by atoms with van der Waals surface area (Å²) in [7, 11) is 1.66. The van der Waals surface area contributed by atoms with Gasteiger partial charge in [0.05, 0.1) is 7.11 Å². The van der Waals surface area contributed by atoms with Crippen LogP contribution in [0.3, 0.4) is 0 Å². The van der Waals surface area contributed by atoms with Gasteiger partial charge in [-0.3, -0.25) is 9.69 Å². The molecule has 1 saturated heterocycles. The Kier molecular flexibility index (Phi) is 5.24. The van der Waals surface area contributed by atoms with Crippen LogP contribution < -0.4 is 9.64 Å². The highest BCUT2D eigenvalue weighted by atomic mass is 16.5. The van der Waals surface area contributed by atoms with Crippen LogP contribution in [0.4, 0.5) is 5.69 Å². The minimum absolute atomic E-state index is 0.0704. The molecule has 2 aromatic carbocycles. The molecule has 0 atom stereocenters. The van der Waals surface area contributed by atoms with Gasteiger partial charge in [-0.25, -0.2) is 0 Å². The Morgan fingerprint density at radius 2 is 1.76 bits per heavy atom. The molecule has 1 aliphatic rings. The molecule has 5 heteroatoms. The molecule has 0 unspecified atom stereocenters. The van der Waals surface area contributed by atoms with Crippen molar-refractivity contribution < 1.29 is 14.6 Å². The number of carbonyl (C=O) groups excluding carboxylic acids is 1. The summed E-state index contributed by atoms with van der Waals surface area (Å²) in [4.78, 5) is 16.3. The number of phenolic OH excluding ortho intramolecular Hbond substituents is 1. The molecule has 0 saturated carbocycles. The largest absolute Gasteiger partial charge is 0.508 e. The van der Waals surface area contributed by atoms with E-state index in [4.69, 9.17) is 4.74 Å². The van der Waals surface area contributed by atoms with E-state index in [1.807, 2.05) is 30.3 Å². The number of hydrogen-bond donors (Lipinski definition) is 1. The van der Waals surface area contributed by atoms with Crippen LogP contribution in [-0.4, -0.2) is 49.1 Å². The second kappa shape index (κ2) is 7.57. The normalized spacial score (nSPS) is 15.2. The molecule has 25 heavy (non-hydrogen) atoms. The van der Waals surface area contributed by atoms with Crippen molar-refractivity contribution in [3.8, 4) is 11.5 Å². The Balaban J connectivity index is 1.65. The zero-order chi connectivity index (χ0) is 17.8. The summed E-state index contributed by atoms with van der Waals surface area (Å²) in [5, 5.41) is 9.41. The van der Waals surface area contributed by atoms with Gasteiger partial charge >= 0.3 is 0 Å². The number of piperazine rings is 1. The molecule has 132 valence electrons. The highest BCUT2D eigenvalue weighted by molar-refractivity contribution is 5.94. The number of methoxy groups -OCH3 is 1. The highest BCUT2D eigenvalue weighted by Crippen LogP contribution is 2.24. The summed E-state index contributed by atoms with van der Waals surface area (Å²) >= 11 is 0. The van der Waals surface area contributed by atoms with Crippen molar-refractivity contribution in [1.29, 1.82) is 0 Å². The zero-order valence-electron chi connectivity index (χ0n) is 14.7. The minimum Gasteiger partial charge on any atom is -0.508 e. The Morgan fingerprint density at radius 3 is 2.36 bits per heavy atom. The van der Waals surface area contributed by atoms with Gasteiger partial charge in [0.1, 0.15) is 11.5 Å². The second-order valence-electron chi connectivity index (χ2n) is 6.36. The molecule has 0 spiro atoms. The minimum atomic E-state index is 0.0704. The van der Waals surface area contributed by atoms with E-state index in [1.165, 1.54) is 0 Å². The van der Waals surface area contributed by atoms with Crippen molar-refractivity contribution >= 4 is 11.5 Å². The molecule has 0 aromatic heterocycles. The van der Waals surface area contributed by atoms with Gasteiger partial charge in [-0.15, -0.1) is 0 Å². The number of hydrogen-bond acceptors (Lipinski definition) is 5. The number of nitrogens with zero attached hydrogens (tertiary/aromatic N) is 2. The first-order valence-corrected chi connectivity index (χ1v) is 8.51. The van der Waals surface area contributed by atoms with E-state index in [2.05, 4.69) is 9.80 Å². The number of aromatic hydroxyl groups is 1.